The van der Waals surface area contributed by atoms with E-state index < -0.39 is 23.9 Å². The fourth-order valence-electron chi connectivity index (χ4n) is 0.929. The maximum atomic E-state index is 11.2. The van der Waals surface area contributed by atoms with Gasteiger partial charge in [0.15, 0.2) is 0 Å². The molecule has 3 amide bonds. The molecule has 0 rings (SSSR count). The van der Waals surface area contributed by atoms with Gasteiger partial charge in [0.05, 0.1) is 6.54 Å². The van der Waals surface area contributed by atoms with Crippen molar-refractivity contribution in [3.8, 4) is 0 Å². The van der Waals surface area contributed by atoms with Crippen molar-refractivity contribution in [1.29, 1.82) is 0 Å². The fraction of sp³-hybridized carbons (Fsp3) is 0.444. The number of carboxylic acids is 1. The van der Waals surface area contributed by atoms with Crippen LogP contribution in [-0.2, 0) is 9.59 Å². The van der Waals surface area contributed by atoms with Gasteiger partial charge in [-0.25, -0.2) is 9.59 Å². The predicted octanol–water partition coefficient (Wildman–Crippen LogP) is -0.243. The largest absolute Gasteiger partial charge is 0.480 e. The summed E-state index contributed by atoms with van der Waals surface area (Å²) in [6.45, 7) is 3.37. The van der Waals surface area contributed by atoms with E-state index in [0.29, 0.717) is 0 Å². The second-order valence-corrected chi connectivity index (χ2v) is 3.77. The molecule has 0 aromatic rings. The Morgan fingerprint density at radius 2 is 2.00 bits per heavy atom. The molecule has 0 aliphatic carbocycles. The number of rotatable bonds is 7. The normalized spacial score (nSPS) is 11.4. The predicted molar refractivity (Wildman–Crippen MR) is 61.4 cm³/mol. The van der Waals surface area contributed by atoms with Gasteiger partial charge in [-0.15, -0.1) is 0 Å². The molecule has 0 aromatic carbocycles. The van der Waals surface area contributed by atoms with Crippen LogP contribution < -0.4 is 16.4 Å². The van der Waals surface area contributed by atoms with Crippen molar-refractivity contribution in [2.24, 2.45) is 5.73 Å². The first-order chi connectivity index (χ1) is 7.82. The highest BCUT2D eigenvalue weighted by molar-refractivity contribution is 6.29. The summed E-state index contributed by atoms with van der Waals surface area (Å²) in [5.41, 5.74) is 4.88. The van der Waals surface area contributed by atoms with Crippen LogP contribution in [0.25, 0.3) is 0 Å². The summed E-state index contributed by atoms with van der Waals surface area (Å²) in [5.74, 6) is -1.88. The standard InChI is InChI=1S/C9H14ClN3O4/c1-5(10)4-12-9(17)13-6(8(15)16)2-3-7(11)14/h6H,1-4H2,(H2,11,14)(H,15,16)(H2,12,13,17)/t6-/m1/s1. The topological polar surface area (TPSA) is 122 Å². The van der Waals surface area contributed by atoms with E-state index >= 15 is 0 Å². The summed E-state index contributed by atoms with van der Waals surface area (Å²) in [7, 11) is 0. The number of urea groups is 1. The SMILES string of the molecule is C=C(Cl)CNC(=O)N[C@H](CCC(N)=O)C(=O)O. The molecule has 0 saturated carbocycles. The molecular formula is C9H14ClN3O4. The van der Waals surface area contributed by atoms with Gasteiger partial charge < -0.3 is 21.5 Å². The molecular weight excluding hydrogens is 250 g/mol. The lowest BCUT2D eigenvalue weighted by Crippen LogP contribution is -2.46. The van der Waals surface area contributed by atoms with Gasteiger partial charge in [0.2, 0.25) is 5.91 Å². The van der Waals surface area contributed by atoms with Crippen LogP contribution in [0.4, 0.5) is 4.79 Å². The third-order valence-corrected chi connectivity index (χ3v) is 1.86. The fourth-order valence-corrected chi connectivity index (χ4v) is 0.996. The zero-order valence-corrected chi connectivity index (χ0v) is 9.79. The quantitative estimate of drug-likeness (QED) is 0.506. The summed E-state index contributed by atoms with van der Waals surface area (Å²) in [6.07, 6.45) is -0.195. The number of nitrogens with one attached hydrogen (secondary N) is 2. The van der Waals surface area contributed by atoms with Gasteiger partial charge >= 0.3 is 12.0 Å². The Kier molecular flexibility index (Phi) is 6.73. The minimum absolute atomic E-state index is 0.0234. The number of hydrogen-bond acceptors (Lipinski definition) is 3. The average molecular weight is 264 g/mol. The molecule has 8 heteroatoms. The second kappa shape index (κ2) is 7.50. The lowest BCUT2D eigenvalue weighted by atomic mass is 10.1. The van der Waals surface area contributed by atoms with Crippen LogP contribution in [-0.4, -0.2) is 35.6 Å². The number of halogens is 1. The molecule has 0 heterocycles. The Hall–Kier alpha value is -1.76. The van der Waals surface area contributed by atoms with Crippen molar-refractivity contribution in [2.45, 2.75) is 18.9 Å². The molecule has 0 aromatic heterocycles. The van der Waals surface area contributed by atoms with Crippen molar-refractivity contribution in [2.75, 3.05) is 6.54 Å². The van der Waals surface area contributed by atoms with E-state index in [1.807, 2.05) is 0 Å². The highest BCUT2D eigenvalue weighted by Crippen LogP contribution is 1.98. The van der Waals surface area contributed by atoms with E-state index in [9.17, 15) is 14.4 Å². The third kappa shape index (κ3) is 8.09. The Morgan fingerprint density at radius 3 is 2.41 bits per heavy atom. The van der Waals surface area contributed by atoms with E-state index in [1.165, 1.54) is 0 Å². The number of amides is 3. The van der Waals surface area contributed by atoms with E-state index in [1.54, 1.807) is 0 Å². The second-order valence-electron chi connectivity index (χ2n) is 3.24. The van der Waals surface area contributed by atoms with Crippen molar-refractivity contribution in [1.82, 2.24) is 10.6 Å². The number of carbonyl (C=O) groups excluding carboxylic acids is 2. The van der Waals surface area contributed by atoms with Crippen molar-refractivity contribution >= 4 is 29.5 Å². The van der Waals surface area contributed by atoms with Crippen molar-refractivity contribution < 1.29 is 19.5 Å². The molecule has 0 fully saturated rings. The zero-order valence-electron chi connectivity index (χ0n) is 9.03. The summed E-state index contributed by atoms with van der Waals surface area (Å²) >= 11 is 5.41. The number of primary amides is 1. The first kappa shape index (κ1) is 15.2. The van der Waals surface area contributed by atoms with Crippen molar-refractivity contribution in [3.63, 3.8) is 0 Å². The Balaban J connectivity index is 4.15. The van der Waals surface area contributed by atoms with E-state index in [2.05, 4.69) is 17.2 Å². The molecule has 0 aliphatic heterocycles. The molecule has 1 atom stereocenters. The van der Waals surface area contributed by atoms with Crippen LogP contribution in [0.15, 0.2) is 11.6 Å². The van der Waals surface area contributed by atoms with Gasteiger partial charge in [-0.05, 0) is 6.42 Å². The Bertz CT molecular complexity index is 332. The summed E-state index contributed by atoms with van der Waals surface area (Å²) in [5, 5.41) is 13.5. The molecule has 96 valence electrons. The summed E-state index contributed by atoms with van der Waals surface area (Å²) in [6, 6.07) is -1.88. The summed E-state index contributed by atoms with van der Waals surface area (Å²) in [4.78, 5) is 32.5. The van der Waals surface area contributed by atoms with Gasteiger partial charge in [-0.2, -0.15) is 0 Å². The average Bonchev–Trinajstić information content (AvgIpc) is 2.20. The Morgan fingerprint density at radius 1 is 1.41 bits per heavy atom. The molecule has 17 heavy (non-hydrogen) atoms. The molecule has 0 bridgehead atoms. The highest BCUT2D eigenvalue weighted by Gasteiger charge is 2.20. The van der Waals surface area contributed by atoms with E-state index in [0.717, 1.165) is 0 Å². The Labute approximate surface area is 103 Å². The number of carbonyl (C=O) groups is 3. The van der Waals surface area contributed by atoms with Gasteiger partial charge in [0.25, 0.3) is 0 Å². The number of hydrogen-bond donors (Lipinski definition) is 4. The first-order valence-electron chi connectivity index (χ1n) is 4.71. The zero-order chi connectivity index (χ0) is 13.4. The van der Waals surface area contributed by atoms with Gasteiger partial charge in [0.1, 0.15) is 6.04 Å². The lowest BCUT2D eigenvalue weighted by molar-refractivity contribution is -0.139. The minimum atomic E-state index is -1.24. The molecule has 0 aliphatic rings. The van der Waals surface area contributed by atoms with E-state index in [-0.39, 0.29) is 24.4 Å². The molecule has 5 N–H and O–H groups in total. The highest BCUT2D eigenvalue weighted by atomic mass is 35.5. The number of nitrogens with two attached hydrogens (primary N) is 1. The molecule has 0 saturated heterocycles. The molecule has 0 unspecified atom stereocenters. The smallest absolute Gasteiger partial charge is 0.326 e. The number of aliphatic carboxylic acids is 1. The lowest BCUT2D eigenvalue weighted by Gasteiger charge is -2.14. The number of carboxylic acid groups (broad SMARTS) is 1. The van der Waals surface area contributed by atoms with Gasteiger partial charge in [-0.1, -0.05) is 18.2 Å². The minimum Gasteiger partial charge on any atom is -0.480 e. The van der Waals surface area contributed by atoms with Crippen LogP contribution in [0.5, 0.6) is 0 Å². The van der Waals surface area contributed by atoms with Crippen LogP contribution in [0.1, 0.15) is 12.8 Å². The monoisotopic (exact) mass is 263 g/mol. The van der Waals surface area contributed by atoms with Crippen LogP contribution >= 0.6 is 11.6 Å². The van der Waals surface area contributed by atoms with E-state index in [4.69, 9.17) is 22.4 Å². The first-order valence-corrected chi connectivity index (χ1v) is 5.09. The van der Waals surface area contributed by atoms with Crippen LogP contribution in [0, 0.1) is 0 Å². The van der Waals surface area contributed by atoms with Crippen LogP contribution in [0.3, 0.4) is 0 Å². The van der Waals surface area contributed by atoms with Gasteiger partial charge in [-0.3, -0.25) is 4.79 Å². The molecule has 0 spiro atoms. The van der Waals surface area contributed by atoms with Crippen LogP contribution in [0.2, 0.25) is 0 Å². The van der Waals surface area contributed by atoms with Gasteiger partial charge in [0, 0.05) is 11.5 Å². The maximum absolute atomic E-state index is 11.2. The third-order valence-electron chi connectivity index (χ3n) is 1.72. The molecule has 0 radical (unpaired) electrons. The summed E-state index contributed by atoms with van der Waals surface area (Å²) < 4.78 is 0. The molecule has 7 nitrogen and oxygen atoms in total. The van der Waals surface area contributed by atoms with Crippen molar-refractivity contribution in [3.05, 3.63) is 11.6 Å². The maximum Gasteiger partial charge on any atom is 0.326 e.